The Hall–Kier alpha value is -1.26. The van der Waals surface area contributed by atoms with E-state index in [4.69, 9.17) is 6.42 Å². The molecule has 0 aromatic heterocycles. The van der Waals surface area contributed by atoms with Gasteiger partial charge in [-0.15, -0.1) is 6.42 Å². The Kier molecular flexibility index (Phi) is 3.08. The maximum atomic E-state index is 5.30. The Balaban J connectivity index is 2.17. The topological polar surface area (TPSA) is 12.0 Å². The van der Waals surface area contributed by atoms with Crippen LogP contribution in [0.5, 0.6) is 0 Å². The third kappa shape index (κ3) is 2.40. The van der Waals surface area contributed by atoms with Crippen molar-refractivity contribution in [3.05, 3.63) is 35.4 Å². The summed E-state index contributed by atoms with van der Waals surface area (Å²) in [6, 6.07) is 9.03. The van der Waals surface area contributed by atoms with Crippen molar-refractivity contribution in [3.8, 4) is 12.3 Å². The zero-order valence-electron chi connectivity index (χ0n) is 9.16. The summed E-state index contributed by atoms with van der Waals surface area (Å²) in [5.41, 5.74) is 2.77. The number of hydrogen-bond donors (Lipinski definition) is 1. The molecule has 0 amide bonds. The smallest absolute Gasteiger partial charge is 0.0578 e. The maximum absolute atomic E-state index is 5.30. The molecule has 0 heterocycles. The highest BCUT2D eigenvalue weighted by atomic mass is 14.9. The van der Waals surface area contributed by atoms with Crippen LogP contribution in [0.3, 0.4) is 0 Å². The van der Waals surface area contributed by atoms with Crippen LogP contribution < -0.4 is 5.32 Å². The molecule has 0 radical (unpaired) electrons. The van der Waals surface area contributed by atoms with Crippen molar-refractivity contribution in [2.45, 2.75) is 25.8 Å². The number of hydrogen-bond acceptors (Lipinski definition) is 1. The van der Waals surface area contributed by atoms with Crippen molar-refractivity contribution in [2.75, 3.05) is 6.54 Å². The second-order valence-corrected chi connectivity index (χ2v) is 4.26. The summed E-state index contributed by atoms with van der Waals surface area (Å²) < 4.78 is 0. The van der Waals surface area contributed by atoms with Crippen LogP contribution in [0.4, 0.5) is 0 Å². The Morgan fingerprint density at radius 2 is 2.20 bits per heavy atom. The average Bonchev–Trinajstić information content (AvgIpc) is 3.05. The fourth-order valence-corrected chi connectivity index (χ4v) is 2.06. The Bertz CT molecular complexity index is 371. The van der Waals surface area contributed by atoms with Gasteiger partial charge in [0.25, 0.3) is 0 Å². The van der Waals surface area contributed by atoms with E-state index in [1.54, 1.807) is 0 Å². The number of aryl methyl sites for hydroxylation is 1. The fraction of sp³-hybridized carbons (Fsp3) is 0.429. The molecule has 1 saturated carbocycles. The van der Waals surface area contributed by atoms with E-state index in [0.29, 0.717) is 12.6 Å². The van der Waals surface area contributed by atoms with Crippen molar-refractivity contribution in [1.82, 2.24) is 5.32 Å². The van der Waals surface area contributed by atoms with Crippen molar-refractivity contribution in [2.24, 2.45) is 5.92 Å². The molecule has 2 rings (SSSR count). The molecule has 1 aliphatic rings. The van der Waals surface area contributed by atoms with E-state index < -0.39 is 0 Å². The van der Waals surface area contributed by atoms with E-state index in [-0.39, 0.29) is 0 Å². The van der Waals surface area contributed by atoms with Gasteiger partial charge in [-0.3, -0.25) is 5.32 Å². The van der Waals surface area contributed by atoms with Gasteiger partial charge in [0, 0.05) is 6.04 Å². The first-order valence-corrected chi connectivity index (χ1v) is 5.55. The normalized spacial score (nSPS) is 17.1. The Morgan fingerprint density at radius 1 is 1.47 bits per heavy atom. The molecule has 0 saturated heterocycles. The molecule has 1 nitrogen and oxygen atoms in total. The molecule has 1 heteroatoms. The summed E-state index contributed by atoms with van der Waals surface area (Å²) >= 11 is 0. The van der Waals surface area contributed by atoms with E-state index >= 15 is 0 Å². The van der Waals surface area contributed by atoms with Crippen LogP contribution in [0.2, 0.25) is 0 Å². The monoisotopic (exact) mass is 199 g/mol. The first-order chi connectivity index (χ1) is 7.33. The van der Waals surface area contributed by atoms with Gasteiger partial charge in [-0.1, -0.05) is 30.2 Å². The van der Waals surface area contributed by atoms with Crippen LogP contribution >= 0.6 is 0 Å². The summed E-state index contributed by atoms with van der Waals surface area (Å²) in [7, 11) is 0. The summed E-state index contributed by atoms with van der Waals surface area (Å²) in [5.74, 6) is 3.45. The quantitative estimate of drug-likeness (QED) is 0.735. The fourth-order valence-electron chi connectivity index (χ4n) is 2.06. The van der Waals surface area contributed by atoms with Crippen molar-refractivity contribution in [1.29, 1.82) is 0 Å². The zero-order valence-corrected chi connectivity index (χ0v) is 9.16. The SMILES string of the molecule is C#CCNC(c1ccccc1C)C1CC1. The van der Waals surface area contributed by atoms with E-state index in [1.165, 1.54) is 24.0 Å². The lowest BCUT2D eigenvalue weighted by Crippen LogP contribution is -2.24. The van der Waals surface area contributed by atoms with Gasteiger partial charge in [-0.25, -0.2) is 0 Å². The van der Waals surface area contributed by atoms with Crippen LogP contribution in [0.25, 0.3) is 0 Å². The second-order valence-electron chi connectivity index (χ2n) is 4.26. The maximum Gasteiger partial charge on any atom is 0.0578 e. The number of benzene rings is 1. The minimum atomic E-state index is 0.460. The predicted octanol–water partition coefficient (Wildman–Crippen LogP) is 2.67. The van der Waals surface area contributed by atoms with Gasteiger partial charge in [0.1, 0.15) is 0 Å². The van der Waals surface area contributed by atoms with Crippen LogP contribution in [-0.4, -0.2) is 6.54 Å². The Morgan fingerprint density at radius 3 is 2.80 bits per heavy atom. The van der Waals surface area contributed by atoms with Gasteiger partial charge in [-0.2, -0.15) is 0 Å². The highest BCUT2D eigenvalue weighted by Gasteiger charge is 2.32. The second kappa shape index (κ2) is 4.51. The van der Waals surface area contributed by atoms with Gasteiger partial charge in [0.05, 0.1) is 6.54 Å². The molecule has 1 fully saturated rings. The lowest BCUT2D eigenvalue weighted by atomic mass is 9.98. The molecular weight excluding hydrogens is 182 g/mol. The summed E-state index contributed by atoms with van der Waals surface area (Å²) in [6.07, 6.45) is 7.96. The zero-order chi connectivity index (χ0) is 10.7. The highest BCUT2D eigenvalue weighted by Crippen LogP contribution is 2.41. The summed E-state index contributed by atoms with van der Waals surface area (Å²) in [6.45, 7) is 2.83. The highest BCUT2D eigenvalue weighted by molar-refractivity contribution is 5.30. The number of rotatable bonds is 4. The molecule has 0 aliphatic heterocycles. The van der Waals surface area contributed by atoms with Gasteiger partial charge in [0.2, 0.25) is 0 Å². The third-order valence-corrected chi connectivity index (χ3v) is 3.04. The molecular formula is C14H17N. The molecule has 1 atom stereocenters. The predicted molar refractivity (Wildman–Crippen MR) is 63.5 cm³/mol. The van der Waals surface area contributed by atoms with Crippen molar-refractivity contribution in [3.63, 3.8) is 0 Å². The average molecular weight is 199 g/mol. The molecule has 1 aliphatic carbocycles. The first-order valence-electron chi connectivity index (χ1n) is 5.55. The van der Waals surface area contributed by atoms with E-state index in [0.717, 1.165) is 5.92 Å². The molecule has 0 bridgehead atoms. The minimum absolute atomic E-state index is 0.460. The van der Waals surface area contributed by atoms with E-state index in [2.05, 4.69) is 42.4 Å². The molecule has 0 spiro atoms. The third-order valence-electron chi connectivity index (χ3n) is 3.04. The van der Waals surface area contributed by atoms with E-state index in [1.807, 2.05) is 0 Å². The first kappa shape index (κ1) is 10.3. The molecule has 1 aromatic rings. The van der Waals surface area contributed by atoms with E-state index in [9.17, 15) is 0 Å². The van der Waals surface area contributed by atoms with Gasteiger partial charge in [-0.05, 0) is 36.8 Å². The largest absolute Gasteiger partial charge is 0.299 e. The summed E-state index contributed by atoms with van der Waals surface area (Å²) in [4.78, 5) is 0. The standard InChI is InChI=1S/C14H17N/c1-3-10-15-14(12-8-9-12)13-7-5-4-6-11(13)2/h1,4-7,12,14-15H,8-10H2,2H3. The molecule has 1 unspecified atom stereocenters. The Labute approximate surface area is 91.9 Å². The lowest BCUT2D eigenvalue weighted by Gasteiger charge is -2.19. The molecule has 78 valence electrons. The molecule has 15 heavy (non-hydrogen) atoms. The minimum Gasteiger partial charge on any atom is -0.299 e. The van der Waals surface area contributed by atoms with Crippen molar-refractivity contribution < 1.29 is 0 Å². The van der Waals surface area contributed by atoms with Crippen LogP contribution in [0.1, 0.15) is 30.0 Å². The lowest BCUT2D eigenvalue weighted by molar-refractivity contribution is 0.509. The number of terminal acetylenes is 1. The van der Waals surface area contributed by atoms with Gasteiger partial charge >= 0.3 is 0 Å². The van der Waals surface area contributed by atoms with Crippen LogP contribution in [-0.2, 0) is 0 Å². The molecule has 1 N–H and O–H groups in total. The summed E-state index contributed by atoms with van der Waals surface area (Å²) in [5, 5.41) is 3.45. The number of nitrogens with one attached hydrogen (secondary N) is 1. The molecule has 1 aromatic carbocycles. The van der Waals surface area contributed by atoms with Crippen molar-refractivity contribution >= 4 is 0 Å². The van der Waals surface area contributed by atoms with Crippen LogP contribution in [0, 0.1) is 25.2 Å². The van der Waals surface area contributed by atoms with Gasteiger partial charge in [0.15, 0.2) is 0 Å². The van der Waals surface area contributed by atoms with Gasteiger partial charge < -0.3 is 0 Å². The van der Waals surface area contributed by atoms with Crippen LogP contribution in [0.15, 0.2) is 24.3 Å².